The molecule has 4 rings (SSSR count). The molecule has 0 aromatic heterocycles. The zero-order valence-corrected chi connectivity index (χ0v) is 15.5. The summed E-state index contributed by atoms with van der Waals surface area (Å²) in [6, 6.07) is 22.1. The molecule has 3 aromatic rings. The first kappa shape index (κ1) is 17.8. The van der Waals surface area contributed by atoms with E-state index in [4.69, 9.17) is 4.74 Å². The molecule has 1 heterocycles. The first-order valence-corrected chi connectivity index (χ1v) is 9.15. The normalized spacial score (nSPS) is 12.4. The van der Waals surface area contributed by atoms with Crippen molar-refractivity contribution in [3.63, 3.8) is 0 Å². The Morgan fingerprint density at radius 3 is 2.50 bits per heavy atom. The van der Waals surface area contributed by atoms with E-state index >= 15 is 0 Å². The zero-order chi connectivity index (χ0) is 19.5. The Hall–Kier alpha value is -3.60. The lowest BCUT2D eigenvalue weighted by Crippen LogP contribution is -2.25. The van der Waals surface area contributed by atoms with Crippen LogP contribution in [0.15, 0.2) is 72.8 Å². The maximum atomic E-state index is 12.7. The van der Waals surface area contributed by atoms with Crippen LogP contribution in [-0.2, 0) is 11.2 Å². The molecule has 1 aliphatic heterocycles. The van der Waals surface area contributed by atoms with Crippen molar-refractivity contribution in [2.24, 2.45) is 0 Å². The van der Waals surface area contributed by atoms with Gasteiger partial charge in [0.05, 0.1) is 0 Å². The van der Waals surface area contributed by atoms with Gasteiger partial charge < -0.3 is 15.0 Å². The van der Waals surface area contributed by atoms with Crippen LogP contribution >= 0.6 is 0 Å². The summed E-state index contributed by atoms with van der Waals surface area (Å²) in [4.78, 5) is 26.1. The van der Waals surface area contributed by atoms with Crippen molar-refractivity contribution in [1.29, 1.82) is 0 Å². The third kappa shape index (κ3) is 3.74. The molecule has 0 spiro atoms. The molecule has 0 saturated carbocycles. The summed E-state index contributed by atoms with van der Waals surface area (Å²) in [5.41, 5.74) is 3.21. The summed E-state index contributed by atoms with van der Waals surface area (Å²) in [6.45, 7) is 2.25. The highest BCUT2D eigenvalue weighted by Gasteiger charge is 2.22. The maximum absolute atomic E-state index is 12.7. The molecule has 0 atom stereocenters. The van der Waals surface area contributed by atoms with Crippen LogP contribution in [0.1, 0.15) is 22.8 Å². The largest absolute Gasteiger partial charge is 0.457 e. The molecule has 0 aliphatic carbocycles. The quantitative estimate of drug-likeness (QED) is 0.726. The molecule has 5 heteroatoms. The molecule has 140 valence electrons. The van der Waals surface area contributed by atoms with Crippen LogP contribution < -0.4 is 15.0 Å². The molecule has 0 fully saturated rings. The first-order valence-electron chi connectivity index (χ1n) is 9.15. The van der Waals surface area contributed by atoms with E-state index in [0.717, 1.165) is 17.7 Å². The number of anilines is 2. The Kier molecular flexibility index (Phi) is 4.81. The summed E-state index contributed by atoms with van der Waals surface area (Å²) in [5.74, 6) is 1.14. The van der Waals surface area contributed by atoms with E-state index in [1.54, 1.807) is 30.0 Å². The molecule has 2 amide bonds. The lowest BCUT2D eigenvalue weighted by molar-refractivity contribution is -0.116. The molecule has 0 unspecified atom stereocenters. The van der Waals surface area contributed by atoms with Gasteiger partial charge in [0.1, 0.15) is 11.5 Å². The summed E-state index contributed by atoms with van der Waals surface area (Å²) in [7, 11) is 0. The fraction of sp³-hybridized carbons (Fsp3) is 0.130. The number of para-hydroxylation sites is 1. The number of hydrogen-bond acceptors (Lipinski definition) is 3. The number of benzene rings is 3. The second-order valence-electron chi connectivity index (χ2n) is 6.66. The van der Waals surface area contributed by atoms with Gasteiger partial charge >= 0.3 is 0 Å². The van der Waals surface area contributed by atoms with Crippen molar-refractivity contribution in [2.75, 3.05) is 16.8 Å². The van der Waals surface area contributed by atoms with Gasteiger partial charge in [-0.1, -0.05) is 24.3 Å². The second kappa shape index (κ2) is 7.56. The van der Waals surface area contributed by atoms with Gasteiger partial charge in [-0.25, -0.2) is 0 Å². The molecule has 0 radical (unpaired) electrons. The summed E-state index contributed by atoms with van der Waals surface area (Å²) in [5, 5.41) is 2.93. The number of rotatable bonds is 4. The van der Waals surface area contributed by atoms with Crippen LogP contribution in [-0.4, -0.2) is 18.4 Å². The lowest BCUT2D eigenvalue weighted by atomic mass is 10.1. The Bertz CT molecular complexity index is 1030. The number of nitrogens with zero attached hydrogens (tertiary/aromatic N) is 1. The Balaban J connectivity index is 1.49. The van der Waals surface area contributed by atoms with E-state index in [0.29, 0.717) is 29.3 Å². The number of hydrogen-bond donors (Lipinski definition) is 1. The van der Waals surface area contributed by atoms with Crippen molar-refractivity contribution < 1.29 is 14.3 Å². The highest BCUT2D eigenvalue weighted by Crippen LogP contribution is 2.31. The molecule has 3 aromatic carbocycles. The zero-order valence-electron chi connectivity index (χ0n) is 15.5. The number of carbonyl (C=O) groups is 2. The Morgan fingerprint density at radius 1 is 0.929 bits per heavy atom. The van der Waals surface area contributed by atoms with Gasteiger partial charge in [-0.15, -0.1) is 0 Å². The van der Waals surface area contributed by atoms with Crippen LogP contribution in [0.5, 0.6) is 11.5 Å². The van der Waals surface area contributed by atoms with Crippen LogP contribution in [0.3, 0.4) is 0 Å². The molecule has 0 saturated heterocycles. The van der Waals surface area contributed by atoms with Gasteiger partial charge in [0.15, 0.2) is 0 Å². The summed E-state index contributed by atoms with van der Waals surface area (Å²) < 4.78 is 5.80. The highest BCUT2D eigenvalue weighted by molar-refractivity contribution is 6.05. The molecule has 0 bridgehead atoms. The number of nitrogens with one attached hydrogen (secondary N) is 1. The van der Waals surface area contributed by atoms with Gasteiger partial charge in [-0.05, 0) is 60.5 Å². The minimum absolute atomic E-state index is 0.0331. The predicted octanol–water partition coefficient (Wildman–Crippen LogP) is 4.64. The van der Waals surface area contributed by atoms with Gasteiger partial charge in [-0.2, -0.15) is 0 Å². The minimum Gasteiger partial charge on any atom is -0.457 e. The molecule has 1 N–H and O–H groups in total. The third-order valence-corrected chi connectivity index (χ3v) is 4.69. The molecule has 5 nitrogen and oxygen atoms in total. The van der Waals surface area contributed by atoms with Crippen molar-refractivity contribution in [2.45, 2.75) is 13.3 Å². The van der Waals surface area contributed by atoms with Crippen LogP contribution in [0, 0.1) is 0 Å². The van der Waals surface area contributed by atoms with Gasteiger partial charge in [0, 0.05) is 30.4 Å². The molecular weight excluding hydrogens is 352 g/mol. The topological polar surface area (TPSA) is 58.6 Å². The van der Waals surface area contributed by atoms with E-state index in [1.165, 1.54) is 0 Å². The summed E-state index contributed by atoms with van der Waals surface area (Å²) in [6.07, 6.45) is 0.791. The second-order valence-corrected chi connectivity index (χ2v) is 6.66. The van der Waals surface area contributed by atoms with E-state index in [9.17, 15) is 9.59 Å². The predicted molar refractivity (Wildman–Crippen MR) is 109 cm³/mol. The first-order chi connectivity index (χ1) is 13.6. The number of carbonyl (C=O) groups excluding carboxylic acids is 2. The molecule has 28 heavy (non-hydrogen) atoms. The van der Waals surface area contributed by atoms with Crippen molar-refractivity contribution in [1.82, 2.24) is 0 Å². The van der Waals surface area contributed by atoms with Crippen molar-refractivity contribution >= 4 is 23.2 Å². The van der Waals surface area contributed by atoms with Crippen molar-refractivity contribution in [3.8, 4) is 11.5 Å². The van der Waals surface area contributed by atoms with Gasteiger partial charge in [0.2, 0.25) is 5.91 Å². The summed E-state index contributed by atoms with van der Waals surface area (Å²) >= 11 is 0. The van der Waals surface area contributed by atoms with Crippen LogP contribution in [0.25, 0.3) is 0 Å². The molecule has 1 aliphatic rings. The number of fused-ring (bicyclic) bond motifs is 1. The average Bonchev–Trinajstić information content (AvgIpc) is 3.12. The van der Waals surface area contributed by atoms with E-state index in [1.807, 2.05) is 54.6 Å². The van der Waals surface area contributed by atoms with E-state index in [-0.39, 0.29) is 11.8 Å². The van der Waals surface area contributed by atoms with Crippen LogP contribution in [0.4, 0.5) is 11.4 Å². The van der Waals surface area contributed by atoms with Gasteiger partial charge in [0.25, 0.3) is 5.91 Å². The lowest BCUT2D eigenvalue weighted by Gasteiger charge is -2.15. The minimum atomic E-state index is -0.208. The van der Waals surface area contributed by atoms with Gasteiger partial charge in [-0.3, -0.25) is 9.59 Å². The Morgan fingerprint density at radius 2 is 1.71 bits per heavy atom. The molecular formula is C23H20N2O3. The van der Waals surface area contributed by atoms with Crippen LogP contribution in [0.2, 0.25) is 0 Å². The Labute approximate surface area is 163 Å². The highest BCUT2D eigenvalue weighted by atomic mass is 16.5. The number of ether oxygens (including phenoxy) is 1. The number of amides is 2. The third-order valence-electron chi connectivity index (χ3n) is 4.69. The van der Waals surface area contributed by atoms with E-state index in [2.05, 4.69) is 5.32 Å². The fourth-order valence-corrected chi connectivity index (χ4v) is 3.34. The standard InChI is InChI=1S/C23H20N2O3/c1-16(26)25-13-12-17-14-19(10-11-22(17)25)24-23(27)18-6-5-9-21(15-18)28-20-7-3-2-4-8-20/h2-11,14-15H,12-13H2,1H3,(H,24,27). The smallest absolute Gasteiger partial charge is 0.255 e. The maximum Gasteiger partial charge on any atom is 0.255 e. The fourth-order valence-electron chi connectivity index (χ4n) is 3.34. The average molecular weight is 372 g/mol. The monoisotopic (exact) mass is 372 g/mol. The SMILES string of the molecule is CC(=O)N1CCc2cc(NC(=O)c3cccc(Oc4ccccc4)c3)ccc21. The van der Waals surface area contributed by atoms with Crippen molar-refractivity contribution in [3.05, 3.63) is 83.9 Å². The van der Waals surface area contributed by atoms with E-state index < -0.39 is 0 Å².